The topological polar surface area (TPSA) is 54.0 Å². The summed E-state index contributed by atoms with van der Waals surface area (Å²) < 4.78 is 0. The first-order valence-electron chi connectivity index (χ1n) is 5.74. The van der Waals surface area contributed by atoms with Crippen LogP contribution in [0.2, 0.25) is 0 Å². The molecule has 1 aromatic rings. The highest BCUT2D eigenvalue weighted by Gasteiger charge is 2.14. The van der Waals surface area contributed by atoms with Gasteiger partial charge in [-0.25, -0.2) is 0 Å². The summed E-state index contributed by atoms with van der Waals surface area (Å²) in [4.78, 5) is 15.8. The molecule has 0 saturated carbocycles. The molecule has 1 aliphatic rings. The Bertz CT molecular complexity index is 333. The monoisotopic (exact) mass is 219 g/mol. The van der Waals surface area contributed by atoms with E-state index in [1.165, 1.54) is 6.42 Å². The van der Waals surface area contributed by atoms with Gasteiger partial charge in [-0.05, 0) is 31.5 Å². The normalized spacial score (nSPS) is 20.6. The van der Waals surface area contributed by atoms with Crippen molar-refractivity contribution >= 4 is 5.78 Å². The van der Waals surface area contributed by atoms with E-state index < -0.39 is 0 Å². The third-order valence-electron chi connectivity index (χ3n) is 2.80. The van der Waals surface area contributed by atoms with E-state index in [0.717, 1.165) is 19.5 Å². The summed E-state index contributed by atoms with van der Waals surface area (Å²) in [7, 11) is 0. The van der Waals surface area contributed by atoms with Gasteiger partial charge in [0.25, 0.3) is 0 Å². The van der Waals surface area contributed by atoms with E-state index in [2.05, 4.69) is 15.6 Å². The van der Waals surface area contributed by atoms with Crippen LogP contribution in [0.25, 0.3) is 0 Å². The molecule has 1 unspecified atom stereocenters. The number of carbonyl (C=O) groups excluding carboxylic acids is 1. The molecule has 0 radical (unpaired) electrons. The van der Waals surface area contributed by atoms with Gasteiger partial charge in [-0.15, -0.1) is 0 Å². The van der Waals surface area contributed by atoms with Crippen molar-refractivity contribution in [2.24, 2.45) is 0 Å². The quantitative estimate of drug-likeness (QED) is 0.728. The smallest absolute Gasteiger partial charge is 0.194 e. The van der Waals surface area contributed by atoms with Gasteiger partial charge in [-0.1, -0.05) is 6.07 Å². The molecule has 16 heavy (non-hydrogen) atoms. The number of aromatic nitrogens is 1. The predicted octanol–water partition coefficient (Wildman–Crippen LogP) is 0.606. The minimum Gasteiger partial charge on any atom is -0.315 e. The maximum atomic E-state index is 11.7. The van der Waals surface area contributed by atoms with Gasteiger partial charge >= 0.3 is 0 Å². The molecule has 4 heteroatoms. The highest BCUT2D eigenvalue weighted by molar-refractivity contribution is 5.95. The molecule has 1 fully saturated rings. The van der Waals surface area contributed by atoms with Crippen molar-refractivity contribution in [3.05, 3.63) is 30.1 Å². The lowest BCUT2D eigenvalue weighted by Gasteiger charge is -2.23. The van der Waals surface area contributed by atoms with E-state index in [1.54, 1.807) is 12.3 Å². The first-order chi connectivity index (χ1) is 7.86. The number of hydrogen-bond donors (Lipinski definition) is 2. The Morgan fingerprint density at radius 1 is 1.56 bits per heavy atom. The van der Waals surface area contributed by atoms with Gasteiger partial charge in [0.05, 0.1) is 6.54 Å². The van der Waals surface area contributed by atoms with Crippen LogP contribution in [0.15, 0.2) is 24.4 Å². The van der Waals surface area contributed by atoms with Crippen molar-refractivity contribution in [2.45, 2.75) is 18.9 Å². The maximum absolute atomic E-state index is 11.7. The van der Waals surface area contributed by atoms with Gasteiger partial charge < -0.3 is 10.6 Å². The molecule has 0 spiro atoms. The molecule has 4 nitrogen and oxygen atoms in total. The van der Waals surface area contributed by atoms with Crippen molar-refractivity contribution in [1.29, 1.82) is 0 Å². The molecular weight excluding hydrogens is 202 g/mol. The zero-order chi connectivity index (χ0) is 11.2. The number of piperidine rings is 1. The molecule has 2 N–H and O–H groups in total. The molecule has 0 aliphatic carbocycles. The fraction of sp³-hybridized carbons (Fsp3) is 0.500. The summed E-state index contributed by atoms with van der Waals surface area (Å²) in [6, 6.07) is 5.82. The zero-order valence-electron chi connectivity index (χ0n) is 9.28. The Balaban J connectivity index is 1.79. The minimum absolute atomic E-state index is 0.0613. The van der Waals surface area contributed by atoms with Crippen LogP contribution >= 0.6 is 0 Å². The van der Waals surface area contributed by atoms with Gasteiger partial charge in [0.15, 0.2) is 5.78 Å². The summed E-state index contributed by atoms with van der Waals surface area (Å²) >= 11 is 0. The van der Waals surface area contributed by atoms with E-state index in [-0.39, 0.29) is 5.78 Å². The highest BCUT2D eigenvalue weighted by atomic mass is 16.1. The molecule has 2 rings (SSSR count). The lowest BCUT2D eigenvalue weighted by molar-refractivity contribution is 0.0981. The number of pyridine rings is 1. The fourth-order valence-electron chi connectivity index (χ4n) is 1.88. The third-order valence-corrected chi connectivity index (χ3v) is 2.80. The zero-order valence-corrected chi connectivity index (χ0v) is 9.28. The van der Waals surface area contributed by atoms with Gasteiger partial charge in [0.1, 0.15) is 5.69 Å². The highest BCUT2D eigenvalue weighted by Crippen LogP contribution is 2.01. The Morgan fingerprint density at radius 3 is 3.19 bits per heavy atom. The average Bonchev–Trinajstić information content (AvgIpc) is 2.38. The second-order valence-electron chi connectivity index (χ2n) is 4.06. The minimum atomic E-state index is 0.0613. The third kappa shape index (κ3) is 3.12. The van der Waals surface area contributed by atoms with Crippen LogP contribution in [-0.2, 0) is 0 Å². The number of Topliss-reactive ketones (excluding diaryl/α,β-unsaturated/α-hetero) is 1. The number of ketones is 1. The average molecular weight is 219 g/mol. The number of hydrogen-bond acceptors (Lipinski definition) is 4. The molecule has 86 valence electrons. The van der Waals surface area contributed by atoms with E-state index in [0.29, 0.717) is 18.3 Å². The summed E-state index contributed by atoms with van der Waals surface area (Å²) in [6.45, 7) is 2.42. The summed E-state index contributed by atoms with van der Waals surface area (Å²) in [5.74, 6) is 0.0613. The number of rotatable bonds is 4. The number of nitrogens with one attached hydrogen (secondary N) is 2. The van der Waals surface area contributed by atoms with Gasteiger partial charge in [0, 0.05) is 18.8 Å². The Morgan fingerprint density at radius 2 is 2.50 bits per heavy atom. The first-order valence-corrected chi connectivity index (χ1v) is 5.74. The van der Waals surface area contributed by atoms with E-state index in [9.17, 15) is 4.79 Å². The predicted molar refractivity (Wildman–Crippen MR) is 62.5 cm³/mol. The SMILES string of the molecule is O=C(CNC1CCCNC1)c1ccccn1. The van der Waals surface area contributed by atoms with E-state index >= 15 is 0 Å². The fourth-order valence-corrected chi connectivity index (χ4v) is 1.88. The van der Waals surface area contributed by atoms with Crippen molar-refractivity contribution in [1.82, 2.24) is 15.6 Å². The standard InChI is InChI=1S/C12H17N3O/c16-12(11-5-1-2-7-14-11)9-15-10-4-3-6-13-8-10/h1-2,5,7,10,13,15H,3-4,6,8-9H2. The van der Waals surface area contributed by atoms with Gasteiger partial charge in [-0.3, -0.25) is 9.78 Å². The molecule has 1 aliphatic heterocycles. The number of carbonyl (C=O) groups is 1. The first kappa shape index (κ1) is 11.2. The van der Waals surface area contributed by atoms with E-state index in [1.807, 2.05) is 12.1 Å². The van der Waals surface area contributed by atoms with Crippen molar-refractivity contribution < 1.29 is 4.79 Å². The molecular formula is C12H17N3O. The molecule has 1 saturated heterocycles. The van der Waals surface area contributed by atoms with Gasteiger partial charge in [-0.2, -0.15) is 0 Å². The number of nitrogens with zero attached hydrogens (tertiary/aromatic N) is 1. The molecule has 2 heterocycles. The second kappa shape index (κ2) is 5.72. The molecule has 1 aromatic heterocycles. The Kier molecular flexibility index (Phi) is 4.02. The van der Waals surface area contributed by atoms with Crippen LogP contribution in [-0.4, -0.2) is 36.4 Å². The Hall–Kier alpha value is -1.26. The van der Waals surface area contributed by atoms with Crippen LogP contribution in [0.3, 0.4) is 0 Å². The van der Waals surface area contributed by atoms with Crippen LogP contribution in [0.1, 0.15) is 23.3 Å². The van der Waals surface area contributed by atoms with Crippen LogP contribution in [0.4, 0.5) is 0 Å². The van der Waals surface area contributed by atoms with Crippen molar-refractivity contribution in [2.75, 3.05) is 19.6 Å². The van der Waals surface area contributed by atoms with Crippen molar-refractivity contribution in [3.63, 3.8) is 0 Å². The van der Waals surface area contributed by atoms with Crippen LogP contribution < -0.4 is 10.6 Å². The van der Waals surface area contributed by atoms with Crippen LogP contribution in [0.5, 0.6) is 0 Å². The summed E-state index contributed by atoms with van der Waals surface area (Å²) in [5, 5.41) is 6.58. The van der Waals surface area contributed by atoms with Gasteiger partial charge in [0.2, 0.25) is 0 Å². The van der Waals surface area contributed by atoms with E-state index in [4.69, 9.17) is 0 Å². The second-order valence-corrected chi connectivity index (χ2v) is 4.06. The molecule has 0 amide bonds. The molecule has 0 bridgehead atoms. The lowest BCUT2D eigenvalue weighted by Crippen LogP contribution is -2.44. The van der Waals surface area contributed by atoms with Crippen molar-refractivity contribution in [3.8, 4) is 0 Å². The summed E-state index contributed by atoms with van der Waals surface area (Å²) in [6.07, 6.45) is 3.97. The van der Waals surface area contributed by atoms with Crippen LogP contribution in [0, 0.1) is 0 Å². The molecule has 0 aromatic carbocycles. The lowest BCUT2D eigenvalue weighted by atomic mass is 10.1. The Labute approximate surface area is 95.5 Å². The molecule has 1 atom stereocenters. The summed E-state index contributed by atoms with van der Waals surface area (Å²) in [5.41, 5.74) is 0.541. The maximum Gasteiger partial charge on any atom is 0.194 e. The largest absolute Gasteiger partial charge is 0.315 e.